The van der Waals surface area contributed by atoms with Crippen LogP contribution >= 0.6 is 0 Å². The Labute approximate surface area is 164 Å². The van der Waals surface area contributed by atoms with Gasteiger partial charge in [-0.05, 0) is 43.2 Å². The number of hydrogen-bond acceptors (Lipinski definition) is 6. The smallest absolute Gasteiger partial charge is 0.251 e. The first kappa shape index (κ1) is 19.3. The molecule has 7 heteroatoms. The molecule has 7 nitrogen and oxygen atoms in total. The summed E-state index contributed by atoms with van der Waals surface area (Å²) in [5.74, 6) is 1.36. The number of nitrogens with one attached hydrogen (secondary N) is 2. The molecule has 0 aliphatic heterocycles. The molecule has 0 aliphatic rings. The summed E-state index contributed by atoms with van der Waals surface area (Å²) in [6.07, 6.45) is 8.38. The Kier molecular flexibility index (Phi) is 6.51. The van der Waals surface area contributed by atoms with Gasteiger partial charge in [0, 0.05) is 49.0 Å². The molecule has 0 spiro atoms. The van der Waals surface area contributed by atoms with Crippen molar-refractivity contribution >= 4 is 11.7 Å². The van der Waals surface area contributed by atoms with E-state index in [9.17, 15) is 4.79 Å². The lowest BCUT2D eigenvalue weighted by molar-refractivity contribution is 0.0955. The molecule has 0 aliphatic carbocycles. The van der Waals surface area contributed by atoms with Crippen LogP contribution in [0.25, 0.3) is 0 Å². The number of carbonyl (C=O) groups excluding carboxylic acids is 1. The lowest BCUT2D eigenvalue weighted by atomic mass is 10.0. The minimum Gasteiger partial charge on any atom is -0.488 e. The van der Waals surface area contributed by atoms with Crippen LogP contribution in [0, 0.1) is 13.8 Å². The number of carbonyl (C=O) groups is 1. The molecule has 0 saturated heterocycles. The predicted octanol–water partition coefficient (Wildman–Crippen LogP) is 2.91. The minimum absolute atomic E-state index is 0.119. The molecular weight excluding hydrogens is 354 g/mol. The van der Waals surface area contributed by atoms with Gasteiger partial charge in [0.15, 0.2) is 0 Å². The Hall–Kier alpha value is -3.48. The molecule has 0 radical (unpaired) electrons. The molecule has 0 saturated carbocycles. The van der Waals surface area contributed by atoms with Crippen molar-refractivity contribution in [3.05, 3.63) is 77.5 Å². The van der Waals surface area contributed by atoms with E-state index in [1.165, 1.54) is 0 Å². The Morgan fingerprint density at radius 2 is 1.82 bits per heavy atom. The second-order valence-corrected chi connectivity index (χ2v) is 6.36. The van der Waals surface area contributed by atoms with E-state index >= 15 is 0 Å². The number of hydrogen-bond donors (Lipinski definition) is 2. The quantitative estimate of drug-likeness (QED) is 0.587. The molecule has 2 N–H and O–H groups in total. The first-order chi connectivity index (χ1) is 13.6. The van der Waals surface area contributed by atoms with E-state index in [2.05, 4.69) is 25.6 Å². The molecule has 0 atom stereocenters. The number of benzene rings is 1. The topological polar surface area (TPSA) is 89.0 Å². The molecule has 2 aromatic heterocycles. The number of nitrogens with zero attached hydrogens (tertiary/aromatic N) is 3. The van der Waals surface area contributed by atoms with E-state index in [4.69, 9.17) is 4.74 Å². The average molecular weight is 377 g/mol. The highest BCUT2D eigenvalue weighted by Crippen LogP contribution is 2.25. The van der Waals surface area contributed by atoms with Crippen LogP contribution in [0.2, 0.25) is 0 Å². The van der Waals surface area contributed by atoms with Gasteiger partial charge < -0.3 is 15.4 Å². The van der Waals surface area contributed by atoms with Crippen molar-refractivity contribution in [2.45, 2.75) is 20.5 Å². The third-order valence-corrected chi connectivity index (χ3v) is 4.11. The Morgan fingerprint density at radius 1 is 1.04 bits per heavy atom. The molecular formula is C21H23N5O2. The summed E-state index contributed by atoms with van der Waals surface area (Å²) in [6.45, 7) is 5.37. The zero-order valence-corrected chi connectivity index (χ0v) is 16.0. The van der Waals surface area contributed by atoms with Gasteiger partial charge in [-0.15, -0.1) is 0 Å². The van der Waals surface area contributed by atoms with Crippen LogP contribution in [0.1, 0.15) is 27.0 Å². The van der Waals surface area contributed by atoms with Crippen LogP contribution in [0.5, 0.6) is 5.75 Å². The van der Waals surface area contributed by atoms with Crippen molar-refractivity contribution in [2.75, 3.05) is 18.4 Å². The van der Waals surface area contributed by atoms with Gasteiger partial charge in [0.05, 0.1) is 6.20 Å². The monoisotopic (exact) mass is 377 g/mol. The lowest BCUT2D eigenvalue weighted by Gasteiger charge is -2.14. The van der Waals surface area contributed by atoms with Crippen LogP contribution in [0.15, 0.2) is 55.2 Å². The molecule has 3 rings (SSSR count). The molecule has 1 amide bonds. The SMILES string of the molecule is Cc1cc(C(=O)NCCNc2cnccn2)cc(C)c1OCc1cccnc1. The van der Waals surface area contributed by atoms with E-state index in [0.29, 0.717) is 31.1 Å². The van der Waals surface area contributed by atoms with E-state index in [-0.39, 0.29) is 5.91 Å². The highest BCUT2D eigenvalue weighted by Gasteiger charge is 2.12. The van der Waals surface area contributed by atoms with Crippen LogP contribution in [0.3, 0.4) is 0 Å². The van der Waals surface area contributed by atoms with Crippen molar-refractivity contribution in [3.8, 4) is 5.75 Å². The number of aryl methyl sites for hydroxylation is 2. The normalized spacial score (nSPS) is 10.4. The number of rotatable bonds is 8. The van der Waals surface area contributed by atoms with Crippen LogP contribution < -0.4 is 15.4 Å². The highest BCUT2D eigenvalue weighted by atomic mass is 16.5. The van der Waals surface area contributed by atoms with E-state index in [1.54, 1.807) is 31.0 Å². The zero-order chi connectivity index (χ0) is 19.8. The molecule has 0 bridgehead atoms. The van der Waals surface area contributed by atoms with Crippen LogP contribution in [-0.2, 0) is 6.61 Å². The van der Waals surface area contributed by atoms with E-state index in [1.807, 2.05) is 38.1 Å². The van der Waals surface area contributed by atoms with Gasteiger partial charge in [-0.3, -0.25) is 14.8 Å². The standard InChI is InChI=1S/C21H23N5O2/c1-15-10-18(21(27)26-9-8-25-19-13-23-6-7-24-19)11-16(2)20(15)28-14-17-4-3-5-22-12-17/h3-7,10-13H,8-9,14H2,1-2H3,(H,24,25)(H,26,27). The van der Waals surface area contributed by atoms with Crippen molar-refractivity contribution in [3.63, 3.8) is 0 Å². The summed E-state index contributed by atoms with van der Waals surface area (Å²) >= 11 is 0. The number of pyridine rings is 1. The third kappa shape index (κ3) is 5.26. The van der Waals surface area contributed by atoms with Gasteiger partial charge in [-0.1, -0.05) is 6.07 Å². The second kappa shape index (κ2) is 9.45. The molecule has 28 heavy (non-hydrogen) atoms. The maximum Gasteiger partial charge on any atom is 0.251 e. The summed E-state index contributed by atoms with van der Waals surface area (Å²) in [5.41, 5.74) is 3.46. The Balaban J connectivity index is 1.54. The predicted molar refractivity (Wildman–Crippen MR) is 107 cm³/mol. The number of ether oxygens (including phenoxy) is 1. The van der Waals surface area contributed by atoms with Gasteiger partial charge in [0.25, 0.3) is 5.91 Å². The fraction of sp³-hybridized carbons (Fsp3) is 0.238. The van der Waals surface area contributed by atoms with Crippen LogP contribution in [0.4, 0.5) is 5.82 Å². The molecule has 2 heterocycles. The average Bonchev–Trinajstić information content (AvgIpc) is 2.72. The maximum absolute atomic E-state index is 12.4. The molecule has 0 fully saturated rings. The summed E-state index contributed by atoms with van der Waals surface area (Å²) in [5, 5.41) is 6.00. The number of aromatic nitrogens is 3. The first-order valence-electron chi connectivity index (χ1n) is 9.04. The third-order valence-electron chi connectivity index (χ3n) is 4.11. The van der Waals surface area contributed by atoms with Gasteiger partial charge in [0.1, 0.15) is 18.2 Å². The lowest BCUT2D eigenvalue weighted by Crippen LogP contribution is -2.29. The van der Waals surface area contributed by atoms with Gasteiger partial charge in [-0.25, -0.2) is 4.98 Å². The number of anilines is 1. The molecule has 3 aromatic rings. The Bertz CT molecular complexity index is 894. The maximum atomic E-state index is 12.4. The molecule has 1 aromatic carbocycles. The Morgan fingerprint density at radius 3 is 2.50 bits per heavy atom. The zero-order valence-electron chi connectivity index (χ0n) is 16.0. The van der Waals surface area contributed by atoms with Crippen molar-refractivity contribution in [1.82, 2.24) is 20.3 Å². The van der Waals surface area contributed by atoms with Gasteiger partial charge >= 0.3 is 0 Å². The van der Waals surface area contributed by atoms with Crippen molar-refractivity contribution in [2.24, 2.45) is 0 Å². The van der Waals surface area contributed by atoms with Crippen molar-refractivity contribution < 1.29 is 9.53 Å². The second-order valence-electron chi connectivity index (χ2n) is 6.36. The minimum atomic E-state index is -0.119. The molecule has 0 unspecified atom stereocenters. The highest BCUT2D eigenvalue weighted by molar-refractivity contribution is 5.94. The fourth-order valence-electron chi connectivity index (χ4n) is 2.81. The first-order valence-corrected chi connectivity index (χ1v) is 9.04. The van der Waals surface area contributed by atoms with Crippen molar-refractivity contribution in [1.29, 1.82) is 0 Å². The summed E-state index contributed by atoms with van der Waals surface area (Å²) in [6, 6.07) is 7.54. The van der Waals surface area contributed by atoms with E-state index in [0.717, 1.165) is 22.4 Å². The van der Waals surface area contributed by atoms with Gasteiger partial charge in [-0.2, -0.15) is 0 Å². The summed E-state index contributed by atoms with van der Waals surface area (Å²) in [7, 11) is 0. The van der Waals surface area contributed by atoms with Crippen LogP contribution in [-0.4, -0.2) is 33.9 Å². The molecule has 144 valence electrons. The van der Waals surface area contributed by atoms with E-state index < -0.39 is 0 Å². The largest absolute Gasteiger partial charge is 0.488 e. The summed E-state index contributed by atoms with van der Waals surface area (Å²) < 4.78 is 5.94. The number of amides is 1. The summed E-state index contributed by atoms with van der Waals surface area (Å²) in [4.78, 5) is 24.6. The van der Waals surface area contributed by atoms with Gasteiger partial charge in [0.2, 0.25) is 0 Å². The fourth-order valence-corrected chi connectivity index (χ4v) is 2.81.